The maximum absolute atomic E-state index is 12.0. The van der Waals surface area contributed by atoms with Crippen LogP contribution in [-0.2, 0) is 18.8 Å². The number of esters is 1. The van der Waals surface area contributed by atoms with E-state index in [4.69, 9.17) is 30.1 Å². The number of hydrogen-bond donors (Lipinski definition) is 2. The summed E-state index contributed by atoms with van der Waals surface area (Å²) in [5.74, 6) is 0.873. The van der Waals surface area contributed by atoms with Gasteiger partial charge < -0.3 is 33.1 Å². The number of carbonyl (C=O) groups excluding carboxylic acids is 1. The zero-order valence-corrected chi connectivity index (χ0v) is 23.1. The molecule has 2 N–H and O–H groups in total. The number of fused-ring (bicyclic) bond motifs is 1. The second-order valence-corrected chi connectivity index (χ2v) is 10.1. The molecule has 4 atom stereocenters. The molecule has 0 bridgehead atoms. The maximum Gasteiger partial charge on any atom is 0.323 e. The Hall–Kier alpha value is -2.53. The van der Waals surface area contributed by atoms with Gasteiger partial charge in [-0.2, -0.15) is 0 Å². The fourth-order valence-corrected chi connectivity index (χ4v) is 4.98. The number of aliphatic hydroxyl groups is 1. The molecule has 0 aliphatic rings. The highest BCUT2D eigenvalue weighted by Gasteiger charge is 2.26. The number of aliphatic hydroxyl groups excluding tert-OH is 1. The fourth-order valence-electron chi connectivity index (χ4n) is 3.64. The van der Waals surface area contributed by atoms with E-state index in [9.17, 15) is 9.90 Å². The molecule has 3 aromatic rings. The Bertz CT molecular complexity index is 1150. The van der Waals surface area contributed by atoms with Crippen molar-refractivity contribution >= 4 is 42.9 Å². The first-order valence-electron chi connectivity index (χ1n) is 11.6. The number of nitrogens with one attached hydrogen (secondary N) is 1. The van der Waals surface area contributed by atoms with Gasteiger partial charge >= 0.3 is 14.5 Å². The first-order chi connectivity index (χ1) is 17.8. The highest BCUT2D eigenvalue weighted by Crippen LogP contribution is 2.37. The molecular formula is C24H33ClN5O6P. The van der Waals surface area contributed by atoms with Crippen LogP contribution in [0, 0.1) is 0 Å². The van der Waals surface area contributed by atoms with Crippen molar-refractivity contribution in [2.45, 2.75) is 31.5 Å². The molecule has 0 amide bonds. The summed E-state index contributed by atoms with van der Waals surface area (Å²) in [4.78, 5) is 22.7. The van der Waals surface area contributed by atoms with Crippen molar-refractivity contribution in [2.24, 2.45) is 0 Å². The fraction of sp³-hybridized carbons (Fsp3) is 0.458. The van der Waals surface area contributed by atoms with Gasteiger partial charge in [-0.15, -0.1) is 0 Å². The average Bonchev–Trinajstić information content (AvgIpc) is 3.33. The maximum atomic E-state index is 12.0. The van der Waals surface area contributed by atoms with Gasteiger partial charge in [0.2, 0.25) is 0 Å². The molecule has 0 spiro atoms. The highest BCUT2D eigenvalue weighted by atomic mass is 35.5. The van der Waals surface area contributed by atoms with Crippen LogP contribution in [-0.4, -0.2) is 79.3 Å². The van der Waals surface area contributed by atoms with Crippen LogP contribution in [0.15, 0.2) is 42.9 Å². The van der Waals surface area contributed by atoms with Crippen LogP contribution >= 0.6 is 20.1 Å². The first-order valence-corrected chi connectivity index (χ1v) is 13.2. The summed E-state index contributed by atoms with van der Waals surface area (Å²) in [6.45, 7) is 1.68. The number of rotatable bonds is 14. The van der Waals surface area contributed by atoms with Gasteiger partial charge in [0.25, 0.3) is 0 Å². The average molecular weight is 554 g/mol. The summed E-state index contributed by atoms with van der Waals surface area (Å²) in [6.07, 6.45) is 3.44. The number of benzene rings is 1. The van der Waals surface area contributed by atoms with Crippen molar-refractivity contribution in [3.63, 3.8) is 0 Å². The van der Waals surface area contributed by atoms with Gasteiger partial charge in [0.05, 0.1) is 37.9 Å². The molecule has 4 unspecified atom stereocenters. The molecule has 11 nitrogen and oxygen atoms in total. The van der Waals surface area contributed by atoms with Gasteiger partial charge in [0.15, 0.2) is 0 Å². The summed E-state index contributed by atoms with van der Waals surface area (Å²) in [5, 5.41) is 14.7. The number of halogens is 1. The number of ether oxygens (including phenoxy) is 2. The van der Waals surface area contributed by atoms with Crippen molar-refractivity contribution in [1.82, 2.24) is 19.6 Å². The van der Waals surface area contributed by atoms with Gasteiger partial charge in [-0.3, -0.25) is 4.79 Å². The van der Waals surface area contributed by atoms with E-state index >= 15 is 0 Å². The SMILES string of the molecule is COC(=O)C(C)NP(OCC(CC(CO)n1ccc2c(N(C)C)ncnc21)OC)Oc1ccc(Cl)cc1. The van der Waals surface area contributed by atoms with Crippen LogP contribution in [0.5, 0.6) is 5.75 Å². The molecule has 2 heterocycles. The largest absolute Gasteiger partial charge is 0.468 e. The Labute approximate surface area is 222 Å². The van der Waals surface area contributed by atoms with Crippen LogP contribution in [0.1, 0.15) is 19.4 Å². The molecule has 2 aromatic heterocycles. The Morgan fingerprint density at radius 2 is 1.95 bits per heavy atom. The van der Waals surface area contributed by atoms with E-state index in [-0.39, 0.29) is 25.4 Å². The lowest BCUT2D eigenvalue weighted by atomic mass is 10.1. The minimum atomic E-state index is -1.75. The molecule has 0 aliphatic carbocycles. The van der Waals surface area contributed by atoms with Crippen LogP contribution in [0.25, 0.3) is 11.0 Å². The van der Waals surface area contributed by atoms with E-state index in [1.54, 1.807) is 38.3 Å². The molecule has 0 fully saturated rings. The van der Waals surface area contributed by atoms with Gasteiger partial charge in [-0.25, -0.2) is 15.1 Å². The Balaban J connectivity index is 1.72. The van der Waals surface area contributed by atoms with Gasteiger partial charge in [0.1, 0.15) is 29.6 Å². The molecular weight excluding hydrogens is 521 g/mol. The van der Waals surface area contributed by atoms with Crippen molar-refractivity contribution in [3.8, 4) is 5.75 Å². The van der Waals surface area contributed by atoms with Crippen molar-refractivity contribution in [2.75, 3.05) is 46.4 Å². The number of nitrogens with zero attached hydrogens (tertiary/aromatic N) is 4. The van der Waals surface area contributed by atoms with Crippen molar-refractivity contribution in [1.29, 1.82) is 0 Å². The number of hydrogen-bond acceptors (Lipinski definition) is 10. The van der Waals surface area contributed by atoms with Crippen LogP contribution < -0.4 is 14.5 Å². The molecule has 1 aromatic carbocycles. The summed E-state index contributed by atoms with van der Waals surface area (Å²) < 4.78 is 24.4. The molecule has 0 saturated carbocycles. The predicted molar refractivity (Wildman–Crippen MR) is 143 cm³/mol. The van der Waals surface area contributed by atoms with E-state index in [1.807, 2.05) is 35.8 Å². The number of aromatic nitrogens is 3. The smallest absolute Gasteiger partial charge is 0.323 e. The lowest BCUT2D eigenvalue weighted by molar-refractivity contribution is -0.142. The lowest BCUT2D eigenvalue weighted by Gasteiger charge is -2.26. The van der Waals surface area contributed by atoms with Crippen molar-refractivity contribution in [3.05, 3.63) is 47.9 Å². The summed E-state index contributed by atoms with van der Waals surface area (Å²) >= 11 is 5.97. The van der Waals surface area contributed by atoms with Crippen LogP contribution in [0.2, 0.25) is 5.02 Å². The molecule has 13 heteroatoms. The monoisotopic (exact) mass is 553 g/mol. The number of carbonyl (C=O) groups is 1. The second kappa shape index (κ2) is 13.9. The molecule has 202 valence electrons. The van der Waals surface area contributed by atoms with Gasteiger partial charge in [0, 0.05) is 32.4 Å². The van der Waals surface area contributed by atoms with Crippen LogP contribution in [0.3, 0.4) is 0 Å². The quantitative estimate of drug-likeness (QED) is 0.226. The second-order valence-electron chi connectivity index (χ2n) is 8.45. The zero-order chi connectivity index (χ0) is 26.9. The van der Waals surface area contributed by atoms with Crippen molar-refractivity contribution < 1.29 is 28.4 Å². The molecule has 0 aliphatic heterocycles. The minimum absolute atomic E-state index is 0.126. The Kier molecular flexibility index (Phi) is 10.9. The number of methoxy groups -OCH3 is 2. The summed E-state index contributed by atoms with van der Waals surface area (Å²) in [6, 6.07) is 7.77. The van der Waals surface area contributed by atoms with Crippen LogP contribution in [0.4, 0.5) is 5.82 Å². The lowest BCUT2D eigenvalue weighted by Crippen LogP contribution is -2.33. The Morgan fingerprint density at radius 3 is 2.57 bits per heavy atom. The third-order valence-electron chi connectivity index (χ3n) is 5.62. The van der Waals surface area contributed by atoms with E-state index in [0.717, 1.165) is 16.9 Å². The normalized spacial score (nSPS) is 14.7. The summed E-state index contributed by atoms with van der Waals surface area (Å²) in [5.41, 5.74) is 0.718. The third kappa shape index (κ3) is 7.73. The first kappa shape index (κ1) is 29.0. The van der Waals surface area contributed by atoms with E-state index in [1.165, 1.54) is 13.4 Å². The predicted octanol–water partition coefficient (Wildman–Crippen LogP) is 3.56. The van der Waals surface area contributed by atoms with E-state index in [2.05, 4.69) is 15.1 Å². The molecule has 0 saturated heterocycles. The highest BCUT2D eigenvalue weighted by molar-refractivity contribution is 7.45. The standard InChI is InChI=1S/C24H33ClN5O6P/c1-16(24(32)34-5)28-37(36-19-8-6-17(25)7-9-19)35-14-20(33-4)12-18(13-31)30-11-10-21-22(29(2)3)26-15-27-23(21)30/h6-11,15-16,18,20,28,31H,12-14H2,1-5H3. The Morgan fingerprint density at radius 1 is 1.22 bits per heavy atom. The topological polar surface area (TPSA) is 120 Å². The van der Waals surface area contributed by atoms with Gasteiger partial charge in [-0.1, -0.05) is 11.6 Å². The zero-order valence-electron chi connectivity index (χ0n) is 21.5. The van der Waals surface area contributed by atoms with E-state index in [0.29, 0.717) is 17.2 Å². The molecule has 0 radical (unpaired) electrons. The minimum Gasteiger partial charge on any atom is -0.468 e. The summed E-state index contributed by atoms with van der Waals surface area (Å²) in [7, 11) is 4.98. The third-order valence-corrected chi connectivity index (χ3v) is 7.23. The van der Waals surface area contributed by atoms with E-state index < -0.39 is 20.5 Å². The van der Waals surface area contributed by atoms with Gasteiger partial charge in [-0.05, 0) is 43.7 Å². The number of anilines is 1. The molecule has 37 heavy (non-hydrogen) atoms. The molecule has 3 rings (SSSR count).